The number of hydrogen-bond donors (Lipinski definition) is 0. The fourth-order valence-corrected chi connectivity index (χ4v) is 4.95. The number of halogens is 1. The normalized spacial score (nSPS) is 14.5. The van der Waals surface area contributed by atoms with Gasteiger partial charge in [0, 0.05) is 16.1 Å². The van der Waals surface area contributed by atoms with Crippen molar-refractivity contribution in [3.8, 4) is 22.6 Å². The Morgan fingerprint density at radius 2 is 1.75 bits per heavy atom. The van der Waals surface area contributed by atoms with E-state index in [0.29, 0.717) is 28.4 Å². The molecule has 0 amide bonds. The van der Waals surface area contributed by atoms with E-state index in [1.807, 2.05) is 36.4 Å². The van der Waals surface area contributed by atoms with Gasteiger partial charge in [-0.3, -0.25) is 0 Å². The molecule has 0 saturated heterocycles. The van der Waals surface area contributed by atoms with E-state index in [-0.39, 0.29) is 0 Å². The summed E-state index contributed by atoms with van der Waals surface area (Å²) in [5.74, 6) is 2.31. The quantitative estimate of drug-likeness (QED) is 0.282. The zero-order valence-corrected chi connectivity index (χ0v) is 19.1. The molecule has 2 aromatic heterocycles. The van der Waals surface area contributed by atoms with Gasteiger partial charge in [0.15, 0.2) is 0 Å². The largest absolute Gasteiger partial charge is 0.338 e. The van der Waals surface area contributed by atoms with Crippen LogP contribution in [0.2, 0.25) is 5.02 Å². The Bertz CT molecular complexity index is 1170. The first-order valence-electron chi connectivity index (χ1n) is 10.9. The highest BCUT2D eigenvalue weighted by molar-refractivity contribution is 7.98. The van der Waals surface area contributed by atoms with E-state index in [4.69, 9.17) is 16.1 Å². The molecule has 0 N–H and O–H groups in total. The minimum atomic E-state index is 0.525. The van der Waals surface area contributed by atoms with Crippen LogP contribution in [-0.4, -0.2) is 20.3 Å². The number of hydrogen-bond acceptors (Lipinski definition) is 6. The Hall–Kier alpha value is -2.70. The molecule has 0 atom stereocenters. The van der Waals surface area contributed by atoms with Gasteiger partial charge >= 0.3 is 0 Å². The zero-order chi connectivity index (χ0) is 21.8. The SMILES string of the molecule is Clc1cccc(-c2noc(CSc3ccc(-c4ccc(C5CCCCC5)cc4)nn3)n2)c1. The van der Waals surface area contributed by atoms with Crippen LogP contribution in [0.15, 0.2) is 70.2 Å². The smallest absolute Gasteiger partial charge is 0.237 e. The second-order valence-corrected chi connectivity index (χ2v) is 9.46. The lowest BCUT2D eigenvalue weighted by Crippen LogP contribution is -2.04. The standard InChI is InChI=1S/C25H23ClN4OS/c26-21-8-4-7-20(15-21)25-27-23(31-30-25)16-32-24-14-13-22(28-29-24)19-11-9-18(10-12-19)17-5-2-1-3-6-17/h4,7-15,17H,1-3,5-6,16H2. The van der Waals surface area contributed by atoms with E-state index >= 15 is 0 Å². The lowest BCUT2D eigenvalue weighted by Gasteiger charge is -2.22. The van der Waals surface area contributed by atoms with Crippen molar-refractivity contribution in [2.45, 2.75) is 48.8 Å². The Balaban J connectivity index is 1.20. The Kier molecular flexibility index (Phi) is 6.51. The molecule has 7 heteroatoms. The van der Waals surface area contributed by atoms with Crippen LogP contribution in [-0.2, 0) is 5.75 Å². The predicted molar refractivity (Wildman–Crippen MR) is 128 cm³/mol. The molecule has 1 fully saturated rings. The van der Waals surface area contributed by atoms with E-state index in [9.17, 15) is 0 Å². The summed E-state index contributed by atoms with van der Waals surface area (Å²) in [5, 5.41) is 14.3. The molecular formula is C25H23ClN4OS. The van der Waals surface area contributed by atoms with Crippen LogP contribution in [0.1, 0.15) is 49.5 Å². The molecule has 0 radical (unpaired) electrons. The molecule has 5 rings (SSSR count). The fourth-order valence-electron chi connectivity index (χ4n) is 4.11. The molecule has 0 spiro atoms. The van der Waals surface area contributed by atoms with Gasteiger partial charge in [-0.1, -0.05) is 84.2 Å². The van der Waals surface area contributed by atoms with E-state index in [1.54, 1.807) is 0 Å². The summed E-state index contributed by atoms with van der Waals surface area (Å²) in [4.78, 5) is 4.44. The average Bonchev–Trinajstić information content (AvgIpc) is 3.33. The summed E-state index contributed by atoms with van der Waals surface area (Å²) in [7, 11) is 0. The predicted octanol–water partition coefficient (Wildman–Crippen LogP) is 7.19. The molecule has 2 aromatic carbocycles. The lowest BCUT2D eigenvalue weighted by molar-refractivity contribution is 0.391. The maximum atomic E-state index is 6.04. The van der Waals surface area contributed by atoms with E-state index in [2.05, 4.69) is 44.6 Å². The number of benzene rings is 2. The third-order valence-corrected chi connectivity index (χ3v) is 6.96. The van der Waals surface area contributed by atoms with Crippen molar-refractivity contribution in [3.63, 3.8) is 0 Å². The molecule has 0 aliphatic heterocycles. The Morgan fingerprint density at radius 3 is 2.50 bits per heavy atom. The van der Waals surface area contributed by atoms with Gasteiger partial charge in [0.05, 0.1) is 11.4 Å². The lowest BCUT2D eigenvalue weighted by atomic mass is 9.84. The topological polar surface area (TPSA) is 64.7 Å². The van der Waals surface area contributed by atoms with Gasteiger partial charge in [-0.25, -0.2) is 0 Å². The van der Waals surface area contributed by atoms with Crippen molar-refractivity contribution in [2.75, 3.05) is 0 Å². The molecule has 4 aromatic rings. The van der Waals surface area contributed by atoms with Crippen molar-refractivity contribution in [1.29, 1.82) is 0 Å². The summed E-state index contributed by atoms with van der Waals surface area (Å²) < 4.78 is 5.36. The summed E-state index contributed by atoms with van der Waals surface area (Å²) >= 11 is 7.55. The van der Waals surface area contributed by atoms with Crippen LogP contribution in [0.4, 0.5) is 0 Å². The van der Waals surface area contributed by atoms with Gasteiger partial charge in [0.25, 0.3) is 0 Å². The van der Waals surface area contributed by atoms with Crippen molar-refractivity contribution in [2.24, 2.45) is 0 Å². The molecule has 1 aliphatic carbocycles. The van der Waals surface area contributed by atoms with Gasteiger partial charge in [-0.15, -0.1) is 10.2 Å². The third-order valence-electron chi connectivity index (χ3n) is 5.82. The summed E-state index contributed by atoms with van der Waals surface area (Å²) in [6.45, 7) is 0. The molecule has 2 heterocycles. The molecule has 1 aliphatic rings. The molecule has 5 nitrogen and oxygen atoms in total. The third kappa shape index (κ3) is 5.03. The van der Waals surface area contributed by atoms with Crippen LogP contribution in [0.25, 0.3) is 22.6 Å². The van der Waals surface area contributed by atoms with Gasteiger partial charge < -0.3 is 4.52 Å². The van der Waals surface area contributed by atoms with Crippen molar-refractivity contribution in [3.05, 3.63) is 77.1 Å². The van der Waals surface area contributed by atoms with E-state index in [1.165, 1.54) is 49.4 Å². The average molecular weight is 463 g/mol. The van der Waals surface area contributed by atoms with Crippen molar-refractivity contribution in [1.82, 2.24) is 20.3 Å². The number of thioether (sulfide) groups is 1. The zero-order valence-electron chi connectivity index (χ0n) is 17.6. The highest BCUT2D eigenvalue weighted by atomic mass is 35.5. The minimum Gasteiger partial charge on any atom is -0.338 e. The second-order valence-electron chi connectivity index (χ2n) is 8.02. The monoisotopic (exact) mass is 462 g/mol. The van der Waals surface area contributed by atoms with Crippen molar-refractivity contribution < 1.29 is 4.52 Å². The van der Waals surface area contributed by atoms with E-state index in [0.717, 1.165) is 21.8 Å². The van der Waals surface area contributed by atoms with Crippen molar-refractivity contribution >= 4 is 23.4 Å². The summed E-state index contributed by atoms with van der Waals surface area (Å²) in [6, 6.07) is 20.2. The summed E-state index contributed by atoms with van der Waals surface area (Å²) in [5.41, 5.74) is 4.25. The van der Waals surface area contributed by atoms with Gasteiger partial charge in [-0.05, 0) is 48.6 Å². The molecule has 32 heavy (non-hydrogen) atoms. The molecule has 162 valence electrons. The minimum absolute atomic E-state index is 0.525. The van der Waals surface area contributed by atoms with E-state index < -0.39 is 0 Å². The molecule has 0 unspecified atom stereocenters. The first-order valence-corrected chi connectivity index (χ1v) is 12.3. The van der Waals surface area contributed by atoms with Crippen LogP contribution in [0.5, 0.6) is 0 Å². The maximum absolute atomic E-state index is 6.04. The van der Waals surface area contributed by atoms with Crippen LogP contribution < -0.4 is 0 Å². The van der Waals surface area contributed by atoms with Gasteiger partial charge in [-0.2, -0.15) is 4.98 Å². The highest BCUT2D eigenvalue weighted by Gasteiger charge is 2.15. The van der Waals surface area contributed by atoms with Crippen LogP contribution in [0.3, 0.4) is 0 Å². The first kappa shape index (κ1) is 21.2. The first-order chi connectivity index (χ1) is 15.7. The van der Waals surface area contributed by atoms with Crippen LogP contribution in [0, 0.1) is 0 Å². The molecular weight excluding hydrogens is 440 g/mol. The number of rotatable bonds is 6. The number of aromatic nitrogens is 4. The van der Waals surface area contributed by atoms with Crippen LogP contribution >= 0.6 is 23.4 Å². The Morgan fingerprint density at radius 1 is 0.906 bits per heavy atom. The Labute approximate surface area is 196 Å². The second kappa shape index (κ2) is 9.84. The van der Waals surface area contributed by atoms with Gasteiger partial charge in [0.1, 0.15) is 5.03 Å². The molecule has 1 saturated carbocycles. The maximum Gasteiger partial charge on any atom is 0.237 e. The summed E-state index contributed by atoms with van der Waals surface area (Å²) in [6.07, 6.45) is 6.70. The fraction of sp³-hybridized carbons (Fsp3) is 0.280. The van der Waals surface area contributed by atoms with Gasteiger partial charge in [0.2, 0.25) is 11.7 Å². The highest BCUT2D eigenvalue weighted by Crippen LogP contribution is 2.33. The molecule has 0 bridgehead atoms. The number of nitrogens with zero attached hydrogens (tertiary/aromatic N) is 4.